The molecule has 1 atom stereocenters. The average molecular weight is 395 g/mol. The van der Waals surface area contributed by atoms with E-state index in [0.717, 1.165) is 32.3 Å². The molecule has 0 heterocycles. The van der Waals surface area contributed by atoms with Crippen LogP contribution < -0.4 is 0 Å². The number of rotatable bonds is 22. The van der Waals surface area contributed by atoms with Crippen molar-refractivity contribution in [1.82, 2.24) is 0 Å². The number of hydrogen-bond donors (Lipinski definition) is 0. The summed E-state index contributed by atoms with van der Waals surface area (Å²) in [6.07, 6.45) is 25.3. The van der Waals surface area contributed by atoms with Gasteiger partial charge in [-0.3, -0.25) is 4.79 Å². The molecule has 0 rings (SSSR count). The number of carbonyl (C=O) groups excluding carboxylic acids is 1. The van der Waals surface area contributed by atoms with Gasteiger partial charge in [0.05, 0.1) is 6.61 Å². The van der Waals surface area contributed by atoms with Crippen molar-refractivity contribution >= 4 is 5.78 Å². The molecule has 2 nitrogen and oxygen atoms in total. The summed E-state index contributed by atoms with van der Waals surface area (Å²) in [6.45, 7) is 8.02. The standard InChI is InChI=1S/C26H50O2/c1-4-7-9-10-11-12-13-14-15-16-17-18-19-22-25(26(27)21-6-3)24-28-23-20-8-5-2/h14-15,25H,4-13,16-24H2,1-3H3/b15-14-/t25-/m0/s1. The first kappa shape index (κ1) is 27.4. The fraction of sp³-hybridized carbons (Fsp3) is 0.885. The lowest BCUT2D eigenvalue weighted by Gasteiger charge is -2.16. The number of carbonyl (C=O) groups is 1. The molecular formula is C26H50O2. The third-order valence-electron chi connectivity index (χ3n) is 5.48. The van der Waals surface area contributed by atoms with Gasteiger partial charge in [0.1, 0.15) is 5.78 Å². The second-order valence-corrected chi connectivity index (χ2v) is 8.36. The Morgan fingerprint density at radius 2 is 1.29 bits per heavy atom. The van der Waals surface area contributed by atoms with Crippen LogP contribution in [0.15, 0.2) is 12.2 Å². The second kappa shape index (κ2) is 22.7. The van der Waals surface area contributed by atoms with Crippen LogP contribution in [0.4, 0.5) is 0 Å². The zero-order valence-electron chi connectivity index (χ0n) is 19.5. The Kier molecular flexibility index (Phi) is 22.1. The zero-order valence-corrected chi connectivity index (χ0v) is 19.5. The number of unbranched alkanes of at least 4 members (excludes halogenated alkanes) is 11. The van der Waals surface area contributed by atoms with Gasteiger partial charge in [-0.1, -0.05) is 90.7 Å². The first-order valence-corrected chi connectivity index (χ1v) is 12.5. The molecule has 0 bridgehead atoms. The highest BCUT2D eigenvalue weighted by Crippen LogP contribution is 2.16. The Morgan fingerprint density at radius 1 is 0.714 bits per heavy atom. The third-order valence-corrected chi connectivity index (χ3v) is 5.48. The monoisotopic (exact) mass is 394 g/mol. The van der Waals surface area contributed by atoms with E-state index in [0.29, 0.717) is 18.8 Å². The van der Waals surface area contributed by atoms with Crippen molar-refractivity contribution < 1.29 is 9.53 Å². The number of ether oxygens (including phenoxy) is 1. The van der Waals surface area contributed by atoms with Crippen molar-refractivity contribution in [2.45, 2.75) is 130 Å². The molecule has 0 aliphatic rings. The van der Waals surface area contributed by atoms with Gasteiger partial charge in [0.25, 0.3) is 0 Å². The molecule has 0 saturated carbocycles. The highest BCUT2D eigenvalue weighted by atomic mass is 16.5. The van der Waals surface area contributed by atoms with Gasteiger partial charge in [-0.25, -0.2) is 0 Å². The van der Waals surface area contributed by atoms with Crippen LogP contribution in [0.25, 0.3) is 0 Å². The zero-order chi connectivity index (χ0) is 20.7. The van der Waals surface area contributed by atoms with Gasteiger partial charge in [-0.15, -0.1) is 0 Å². The Labute approximate surface area is 176 Å². The van der Waals surface area contributed by atoms with Crippen LogP contribution >= 0.6 is 0 Å². The average Bonchev–Trinajstić information content (AvgIpc) is 2.69. The molecule has 0 saturated heterocycles. The first-order valence-electron chi connectivity index (χ1n) is 12.5. The Bertz CT molecular complexity index is 348. The molecule has 0 aromatic heterocycles. The molecule has 0 aromatic carbocycles. The summed E-state index contributed by atoms with van der Waals surface area (Å²) >= 11 is 0. The van der Waals surface area contributed by atoms with Gasteiger partial charge in [0.15, 0.2) is 0 Å². The van der Waals surface area contributed by atoms with Gasteiger partial charge < -0.3 is 4.74 Å². The summed E-state index contributed by atoms with van der Waals surface area (Å²) in [6, 6.07) is 0. The van der Waals surface area contributed by atoms with Crippen molar-refractivity contribution in [2.75, 3.05) is 13.2 Å². The smallest absolute Gasteiger partial charge is 0.138 e. The maximum absolute atomic E-state index is 12.3. The molecule has 0 amide bonds. The van der Waals surface area contributed by atoms with E-state index in [1.807, 2.05) is 0 Å². The summed E-state index contributed by atoms with van der Waals surface area (Å²) in [4.78, 5) is 12.3. The number of ketones is 1. The SMILES string of the molecule is CCCCCCCC/C=C\CCCCC[C@@H](COCCCCC)C(=O)CCC. The van der Waals surface area contributed by atoms with E-state index in [2.05, 4.69) is 32.9 Å². The lowest BCUT2D eigenvalue weighted by atomic mass is 9.94. The summed E-state index contributed by atoms with van der Waals surface area (Å²) < 4.78 is 5.80. The number of allylic oxidation sites excluding steroid dienone is 2. The van der Waals surface area contributed by atoms with Crippen molar-refractivity contribution in [3.63, 3.8) is 0 Å². The highest BCUT2D eigenvalue weighted by molar-refractivity contribution is 5.81. The van der Waals surface area contributed by atoms with Gasteiger partial charge in [-0.05, 0) is 44.9 Å². The molecular weight excluding hydrogens is 344 g/mol. The van der Waals surface area contributed by atoms with Crippen molar-refractivity contribution in [3.8, 4) is 0 Å². The summed E-state index contributed by atoms with van der Waals surface area (Å²) in [7, 11) is 0. The predicted molar refractivity (Wildman–Crippen MR) is 124 cm³/mol. The first-order chi connectivity index (χ1) is 13.8. The van der Waals surface area contributed by atoms with Crippen molar-refractivity contribution in [1.29, 1.82) is 0 Å². The second-order valence-electron chi connectivity index (χ2n) is 8.36. The van der Waals surface area contributed by atoms with Gasteiger partial charge >= 0.3 is 0 Å². The third kappa shape index (κ3) is 18.7. The quantitative estimate of drug-likeness (QED) is 0.136. The van der Waals surface area contributed by atoms with Crippen LogP contribution in [0.3, 0.4) is 0 Å². The summed E-state index contributed by atoms with van der Waals surface area (Å²) in [5.41, 5.74) is 0. The van der Waals surface area contributed by atoms with Crippen LogP contribution in [-0.4, -0.2) is 19.0 Å². The minimum Gasteiger partial charge on any atom is -0.381 e. The number of hydrogen-bond acceptors (Lipinski definition) is 2. The fourth-order valence-corrected chi connectivity index (χ4v) is 3.58. The maximum Gasteiger partial charge on any atom is 0.138 e. The Balaban J connectivity index is 3.71. The van der Waals surface area contributed by atoms with E-state index >= 15 is 0 Å². The van der Waals surface area contributed by atoms with E-state index in [-0.39, 0.29) is 5.92 Å². The van der Waals surface area contributed by atoms with Crippen LogP contribution in [0.5, 0.6) is 0 Å². The maximum atomic E-state index is 12.3. The van der Waals surface area contributed by atoms with E-state index in [9.17, 15) is 4.79 Å². The largest absolute Gasteiger partial charge is 0.381 e. The van der Waals surface area contributed by atoms with E-state index in [4.69, 9.17) is 4.74 Å². The minimum absolute atomic E-state index is 0.129. The molecule has 28 heavy (non-hydrogen) atoms. The summed E-state index contributed by atoms with van der Waals surface area (Å²) in [5, 5.41) is 0. The van der Waals surface area contributed by atoms with Crippen LogP contribution in [0.1, 0.15) is 130 Å². The lowest BCUT2D eigenvalue weighted by molar-refractivity contribution is -0.125. The number of Topliss-reactive ketones (excluding diaryl/α,β-unsaturated/α-hetero) is 1. The molecule has 0 aliphatic heterocycles. The molecule has 0 unspecified atom stereocenters. The molecule has 0 fully saturated rings. The topological polar surface area (TPSA) is 26.3 Å². The predicted octanol–water partition coefficient (Wildman–Crippen LogP) is 8.44. The van der Waals surface area contributed by atoms with E-state index in [1.54, 1.807) is 0 Å². The van der Waals surface area contributed by atoms with Crippen molar-refractivity contribution in [2.24, 2.45) is 5.92 Å². The van der Waals surface area contributed by atoms with Gasteiger partial charge in [-0.2, -0.15) is 0 Å². The molecule has 0 aliphatic carbocycles. The van der Waals surface area contributed by atoms with Crippen LogP contribution in [-0.2, 0) is 9.53 Å². The Morgan fingerprint density at radius 3 is 1.93 bits per heavy atom. The molecule has 0 aromatic rings. The molecule has 2 heteroatoms. The van der Waals surface area contributed by atoms with Gasteiger partial charge in [0, 0.05) is 18.9 Å². The van der Waals surface area contributed by atoms with Crippen molar-refractivity contribution in [3.05, 3.63) is 12.2 Å². The van der Waals surface area contributed by atoms with Gasteiger partial charge in [0.2, 0.25) is 0 Å². The Hall–Kier alpha value is -0.630. The fourth-order valence-electron chi connectivity index (χ4n) is 3.58. The van der Waals surface area contributed by atoms with E-state index < -0.39 is 0 Å². The lowest BCUT2D eigenvalue weighted by Crippen LogP contribution is -2.20. The van der Waals surface area contributed by atoms with Crippen LogP contribution in [0.2, 0.25) is 0 Å². The minimum atomic E-state index is 0.129. The molecule has 166 valence electrons. The summed E-state index contributed by atoms with van der Waals surface area (Å²) in [5.74, 6) is 0.543. The molecule has 0 radical (unpaired) electrons. The van der Waals surface area contributed by atoms with E-state index in [1.165, 1.54) is 77.0 Å². The van der Waals surface area contributed by atoms with Crippen LogP contribution in [0, 0.1) is 5.92 Å². The normalized spacial score (nSPS) is 12.7. The highest BCUT2D eigenvalue weighted by Gasteiger charge is 2.17. The molecule has 0 N–H and O–H groups in total. The molecule has 0 spiro atoms.